The number of nitrogens with two attached hydrogens (primary N) is 1. The van der Waals surface area contributed by atoms with E-state index in [-0.39, 0.29) is 29.2 Å². The van der Waals surface area contributed by atoms with E-state index in [9.17, 15) is 19.5 Å². The fourth-order valence-electron chi connectivity index (χ4n) is 3.29. The van der Waals surface area contributed by atoms with Crippen LogP contribution in [0.25, 0.3) is 0 Å². The Morgan fingerprint density at radius 3 is 2.52 bits per heavy atom. The molecular weight excluding hydrogens is 374 g/mol. The summed E-state index contributed by atoms with van der Waals surface area (Å²) in [6.07, 6.45) is 1.84. The fourth-order valence-corrected chi connectivity index (χ4v) is 3.29. The molecule has 152 valence electrons. The number of likely N-dealkylation sites (tertiary alicyclic amines) is 1. The molecule has 2 aromatic rings. The first-order valence-electron chi connectivity index (χ1n) is 9.28. The molecule has 0 bridgehead atoms. The number of methoxy groups -OCH3 is 1. The molecule has 1 heterocycles. The minimum atomic E-state index is -0.644. The number of benzene rings is 2. The Morgan fingerprint density at radius 1 is 1.14 bits per heavy atom. The molecule has 0 aliphatic carbocycles. The summed E-state index contributed by atoms with van der Waals surface area (Å²) in [6.45, 7) is 1.46. The zero-order valence-corrected chi connectivity index (χ0v) is 16.1. The average Bonchev–Trinajstić information content (AvgIpc) is 3.23. The van der Waals surface area contributed by atoms with Gasteiger partial charge in [0.15, 0.2) is 0 Å². The molecule has 0 saturated carbocycles. The second-order valence-electron chi connectivity index (χ2n) is 6.85. The van der Waals surface area contributed by atoms with Crippen LogP contribution in [-0.2, 0) is 11.2 Å². The largest absolute Gasteiger partial charge is 0.508 e. The summed E-state index contributed by atoms with van der Waals surface area (Å²) in [7, 11) is 1.47. The maximum absolute atomic E-state index is 12.6. The minimum Gasteiger partial charge on any atom is -0.508 e. The van der Waals surface area contributed by atoms with Gasteiger partial charge in [-0.15, -0.1) is 0 Å². The Hall–Kier alpha value is -3.55. The van der Waals surface area contributed by atoms with Gasteiger partial charge in [0, 0.05) is 36.0 Å². The minimum absolute atomic E-state index is 0.0922. The lowest BCUT2D eigenvalue weighted by Crippen LogP contribution is -2.28. The van der Waals surface area contributed by atoms with Crippen molar-refractivity contribution < 1.29 is 24.2 Å². The first-order valence-corrected chi connectivity index (χ1v) is 9.28. The van der Waals surface area contributed by atoms with E-state index in [2.05, 4.69) is 5.32 Å². The summed E-state index contributed by atoms with van der Waals surface area (Å²) < 4.78 is 5.34. The lowest BCUT2D eigenvalue weighted by molar-refractivity contribution is -0.115. The molecule has 8 nitrogen and oxygen atoms in total. The summed E-state index contributed by atoms with van der Waals surface area (Å²) in [4.78, 5) is 38.1. The normalized spacial score (nSPS) is 13.2. The molecule has 2 aromatic carbocycles. The van der Waals surface area contributed by atoms with E-state index in [1.54, 1.807) is 23.1 Å². The van der Waals surface area contributed by atoms with Crippen molar-refractivity contribution in [3.05, 3.63) is 53.1 Å². The molecule has 1 fully saturated rings. The molecule has 0 radical (unpaired) electrons. The number of phenolic OH excluding ortho intramolecular Hbond substituents is 1. The summed E-state index contributed by atoms with van der Waals surface area (Å²) in [6, 6.07) is 8.94. The Labute approximate surface area is 168 Å². The van der Waals surface area contributed by atoms with E-state index in [1.807, 2.05) is 0 Å². The number of amides is 3. The lowest BCUT2D eigenvalue weighted by Gasteiger charge is -2.18. The highest BCUT2D eigenvalue weighted by Crippen LogP contribution is 2.26. The van der Waals surface area contributed by atoms with Gasteiger partial charge in [-0.2, -0.15) is 0 Å². The highest BCUT2D eigenvalue weighted by atomic mass is 16.5. The third-order valence-corrected chi connectivity index (χ3v) is 4.82. The van der Waals surface area contributed by atoms with Crippen molar-refractivity contribution in [3.63, 3.8) is 0 Å². The summed E-state index contributed by atoms with van der Waals surface area (Å²) in [5.41, 5.74) is 6.62. The zero-order valence-electron chi connectivity index (χ0n) is 16.1. The van der Waals surface area contributed by atoms with Crippen LogP contribution in [0.5, 0.6) is 11.5 Å². The van der Waals surface area contributed by atoms with Crippen molar-refractivity contribution in [2.45, 2.75) is 19.3 Å². The molecule has 0 unspecified atom stereocenters. The zero-order chi connectivity index (χ0) is 21.0. The Bertz CT molecular complexity index is 951. The summed E-state index contributed by atoms with van der Waals surface area (Å²) in [5.74, 6) is -0.866. The van der Waals surface area contributed by atoms with Gasteiger partial charge in [0.25, 0.3) is 5.91 Å². The number of carbonyl (C=O) groups is 3. The molecule has 0 atom stereocenters. The van der Waals surface area contributed by atoms with E-state index in [4.69, 9.17) is 10.5 Å². The third-order valence-electron chi connectivity index (χ3n) is 4.82. The second kappa shape index (κ2) is 8.64. The molecule has 1 aliphatic heterocycles. The van der Waals surface area contributed by atoms with Gasteiger partial charge in [0.05, 0.1) is 19.1 Å². The van der Waals surface area contributed by atoms with Gasteiger partial charge in [0.2, 0.25) is 11.8 Å². The number of nitrogens with zero attached hydrogens (tertiary/aromatic N) is 1. The molecule has 29 heavy (non-hydrogen) atoms. The number of hydrogen-bond donors (Lipinski definition) is 3. The topological polar surface area (TPSA) is 122 Å². The molecule has 1 aliphatic rings. The maximum atomic E-state index is 12.6. The van der Waals surface area contributed by atoms with Crippen LogP contribution in [0.3, 0.4) is 0 Å². The highest BCUT2D eigenvalue weighted by molar-refractivity contribution is 5.99. The van der Waals surface area contributed by atoms with Gasteiger partial charge < -0.3 is 25.8 Å². The maximum Gasteiger partial charge on any atom is 0.257 e. The lowest BCUT2D eigenvalue weighted by atomic mass is 10.1. The molecule has 4 N–H and O–H groups in total. The second-order valence-corrected chi connectivity index (χ2v) is 6.85. The molecule has 8 heteroatoms. The van der Waals surface area contributed by atoms with Crippen molar-refractivity contribution in [2.24, 2.45) is 5.73 Å². The standard InChI is InChI=1S/C21H23N3O5/c1-29-18-12-15(5-6-16(18)21(28)24-8-2-3-9-24)23-19(26)11-14-10-13(20(22)27)4-7-17(14)25/h4-7,10,12,25H,2-3,8-9,11H2,1H3,(H2,22,27)(H,23,26). The average molecular weight is 397 g/mol. The number of carbonyl (C=O) groups excluding carboxylic acids is 3. The molecule has 3 amide bonds. The summed E-state index contributed by atoms with van der Waals surface area (Å²) >= 11 is 0. The third kappa shape index (κ3) is 4.66. The van der Waals surface area contributed by atoms with Gasteiger partial charge >= 0.3 is 0 Å². The number of rotatable bonds is 6. The van der Waals surface area contributed by atoms with E-state index in [0.29, 0.717) is 17.0 Å². The van der Waals surface area contributed by atoms with Gasteiger partial charge in [-0.3, -0.25) is 14.4 Å². The first-order chi connectivity index (χ1) is 13.9. The monoisotopic (exact) mass is 397 g/mol. The van der Waals surface area contributed by atoms with Crippen LogP contribution < -0.4 is 15.8 Å². The number of anilines is 1. The number of ether oxygens (including phenoxy) is 1. The van der Waals surface area contributed by atoms with Crippen LogP contribution in [0.15, 0.2) is 36.4 Å². The Kier molecular flexibility index (Phi) is 6.01. The number of aromatic hydroxyl groups is 1. The van der Waals surface area contributed by atoms with E-state index < -0.39 is 11.8 Å². The van der Waals surface area contributed by atoms with Crippen molar-refractivity contribution in [3.8, 4) is 11.5 Å². The molecule has 1 saturated heterocycles. The quantitative estimate of drug-likeness (QED) is 0.687. The Balaban J connectivity index is 1.73. The SMILES string of the molecule is COc1cc(NC(=O)Cc2cc(C(N)=O)ccc2O)ccc1C(=O)N1CCCC1. The number of primary amides is 1. The van der Waals surface area contributed by atoms with Crippen LogP contribution in [0.2, 0.25) is 0 Å². The molecular formula is C21H23N3O5. The smallest absolute Gasteiger partial charge is 0.257 e. The van der Waals surface area contributed by atoms with Crippen LogP contribution in [0.4, 0.5) is 5.69 Å². The predicted molar refractivity (Wildman–Crippen MR) is 107 cm³/mol. The van der Waals surface area contributed by atoms with Crippen molar-refractivity contribution >= 4 is 23.4 Å². The van der Waals surface area contributed by atoms with E-state index in [0.717, 1.165) is 25.9 Å². The van der Waals surface area contributed by atoms with Gasteiger partial charge in [-0.05, 0) is 43.2 Å². The van der Waals surface area contributed by atoms with Crippen molar-refractivity contribution in [1.29, 1.82) is 0 Å². The Morgan fingerprint density at radius 2 is 1.86 bits per heavy atom. The number of nitrogens with one attached hydrogen (secondary N) is 1. The predicted octanol–water partition coefficient (Wildman–Crippen LogP) is 1.92. The van der Waals surface area contributed by atoms with Crippen LogP contribution in [-0.4, -0.2) is 47.9 Å². The van der Waals surface area contributed by atoms with Gasteiger partial charge in [-0.1, -0.05) is 0 Å². The van der Waals surface area contributed by atoms with Gasteiger partial charge in [-0.25, -0.2) is 0 Å². The first kappa shape index (κ1) is 20.2. The molecule has 3 rings (SSSR count). The van der Waals surface area contributed by atoms with E-state index >= 15 is 0 Å². The van der Waals surface area contributed by atoms with Crippen molar-refractivity contribution in [2.75, 3.05) is 25.5 Å². The van der Waals surface area contributed by atoms with Crippen molar-refractivity contribution in [1.82, 2.24) is 4.90 Å². The number of hydrogen-bond acceptors (Lipinski definition) is 5. The van der Waals surface area contributed by atoms with Crippen LogP contribution >= 0.6 is 0 Å². The summed E-state index contributed by atoms with van der Waals surface area (Å²) in [5, 5.41) is 12.6. The molecule has 0 spiro atoms. The fraction of sp³-hybridized carbons (Fsp3) is 0.286. The van der Waals surface area contributed by atoms with Gasteiger partial charge in [0.1, 0.15) is 11.5 Å². The molecule has 0 aromatic heterocycles. The van der Waals surface area contributed by atoms with E-state index in [1.165, 1.54) is 25.3 Å². The van der Waals surface area contributed by atoms with Crippen LogP contribution in [0, 0.1) is 0 Å². The number of phenols is 1. The van der Waals surface area contributed by atoms with Crippen LogP contribution in [0.1, 0.15) is 39.1 Å². The highest BCUT2D eigenvalue weighted by Gasteiger charge is 2.22.